The molecule has 0 saturated heterocycles. The second-order valence-electron chi connectivity index (χ2n) is 4.45. The third kappa shape index (κ3) is 3.80. The Morgan fingerprint density at radius 2 is 1.70 bits per heavy atom. The minimum absolute atomic E-state index is 0.00715. The second kappa shape index (κ2) is 6.68. The minimum Gasteiger partial charge on any atom is -0.457 e. The van der Waals surface area contributed by atoms with Crippen LogP contribution >= 0.6 is 0 Å². The van der Waals surface area contributed by atoms with Crippen molar-refractivity contribution in [1.29, 1.82) is 0 Å². The van der Waals surface area contributed by atoms with Crippen LogP contribution < -0.4 is 10.5 Å². The van der Waals surface area contributed by atoms with Crippen LogP contribution in [0.25, 0.3) is 0 Å². The Morgan fingerprint density at radius 1 is 1.10 bits per heavy atom. The number of ether oxygens (including phenoxy) is 1. The Morgan fingerprint density at radius 3 is 2.30 bits per heavy atom. The van der Waals surface area contributed by atoms with Gasteiger partial charge >= 0.3 is 0 Å². The molecule has 0 amide bonds. The molecule has 20 heavy (non-hydrogen) atoms. The molecular formula is C17H17NO2. The van der Waals surface area contributed by atoms with Crippen molar-refractivity contribution in [2.45, 2.75) is 13.0 Å². The highest BCUT2D eigenvalue weighted by Crippen LogP contribution is 2.23. The summed E-state index contributed by atoms with van der Waals surface area (Å²) in [4.78, 5) is 11.4. The van der Waals surface area contributed by atoms with E-state index >= 15 is 0 Å². The quantitative estimate of drug-likeness (QED) is 0.817. The molecule has 0 unspecified atom stereocenters. The molecule has 2 rings (SSSR count). The largest absolute Gasteiger partial charge is 0.457 e. The summed E-state index contributed by atoms with van der Waals surface area (Å²) < 4.78 is 5.78. The summed E-state index contributed by atoms with van der Waals surface area (Å²) in [6, 6.07) is 15.1. The molecule has 0 aliphatic carbocycles. The van der Waals surface area contributed by atoms with Gasteiger partial charge in [0.1, 0.15) is 11.5 Å². The van der Waals surface area contributed by atoms with Crippen LogP contribution in [0.4, 0.5) is 0 Å². The fourth-order valence-electron chi connectivity index (χ4n) is 1.86. The summed E-state index contributed by atoms with van der Waals surface area (Å²) in [6.45, 7) is 3.95. The summed E-state index contributed by atoms with van der Waals surface area (Å²) in [5.74, 6) is 1.43. The molecule has 0 atom stereocenters. The molecule has 0 fully saturated rings. The molecular weight excluding hydrogens is 250 g/mol. The molecule has 0 radical (unpaired) electrons. The van der Waals surface area contributed by atoms with Gasteiger partial charge in [-0.15, -0.1) is 0 Å². The van der Waals surface area contributed by atoms with Crippen molar-refractivity contribution in [2.75, 3.05) is 0 Å². The Labute approximate surface area is 118 Å². The Kier molecular flexibility index (Phi) is 4.69. The van der Waals surface area contributed by atoms with E-state index in [0.29, 0.717) is 18.7 Å². The lowest BCUT2D eigenvalue weighted by Crippen LogP contribution is -1.98. The van der Waals surface area contributed by atoms with E-state index in [0.717, 1.165) is 16.9 Å². The lowest BCUT2D eigenvalue weighted by molar-refractivity contribution is -0.114. The van der Waals surface area contributed by atoms with Crippen molar-refractivity contribution in [2.24, 2.45) is 5.73 Å². The molecule has 0 bridgehead atoms. The predicted molar refractivity (Wildman–Crippen MR) is 79.8 cm³/mol. The fourth-order valence-corrected chi connectivity index (χ4v) is 1.86. The van der Waals surface area contributed by atoms with Gasteiger partial charge in [-0.3, -0.25) is 4.79 Å². The van der Waals surface area contributed by atoms with Gasteiger partial charge in [0.25, 0.3) is 0 Å². The first-order valence-electron chi connectivity index (χ1n) is 6.42. The first-order chi connectivity index (χ1) is 9.71. The molecule has 0 spiro atoms. The van der Waals surface area contributed by atoms with Crippen molar-refractivity contribution in [3.63, 3.8) is 0 Å². The van der Waals surface area contributed by atoms with E-state index < -0.39 is 0 Å². The summed E-state index contributed by atoms with van der Waals surface area (Å²) in [5.41, 5.74) is 7.52. The maximum atomic E-state index is 11.4. The first-order valence-corrected chi connectivity index (χ1v) is 6.42. The van der Waals surface area contributed by atoms with E-state index in [1.807, 2.05) is 48.5 Å². The van der Waals surface area contributed by atoms with Gasteiger partial charge in [-0.2, -0.15) is 0 Å². The van der Waals surface area contributed by atoms with Crippen molar-refractivity contribution < 1.29 is 9.53 Å². The standard InChI is InChI=1S/C17H17NO2/c1-2-15(19)9-13-5-3-7-16(10-13)20-17-8-4-6-14(11-17)12-18/h2-8,10-11H,1,9,12,18H2. The molecule has 0 saturated carbocycles. The third-order valence-electron chi connectivity index (χ3n) is 2.87. The molecule has 0 aromatic heterocycles. The molecule has 2 N–H and O–H groups in total. The van der Waals surface area contributed by atoms with Gasteiger partial charge in [-0.05, 0) is 41.5 Å². The van der Waals surface area contributed by atoms with E-state index in [1.165, 1.54) is 6.08 Å². The van der Waals surface area contributed by atoms with Crippen LogP contribution in [0.3, 0.4) is 0 Å². The van der Waals surface area contributed by atoms with Gasteiger partial charge in [0, 0.05) is 13.0 Å². The van der Waals surface area contributed by atoms with Crippen LogP contribution in [0.5, 0.6) is 11.5 Å². The maximum absolute atomic E-state index is 11.4. The molecule has 0 heterocycles. The number of nitrogens with two attached hydrogens (primary N) is 1. The SMILES string of the molecule is C=CC(=O)Cc1cccc(Oc2cccc(CN)c2)c1. The Bertz CT molecular complexity index is 620. The van der Waals surface area contributed by atoms with E-state index in [1.54, 1.807) is 0 Å². The van der Waals surface area contributed by atoms with Crippen LogP contribution in [-0.4, -0.2) is 5.78 Å². The number of hydrogen-bond acceptors (Lipinski definition) is 3. The highest BCUT2D eigenvalue weighted by Gasteiger charge is 2.03. The average Bonchev–Trinajstić information content (AvgIpc) is 2.47. The van der Waals surface area contributed by atoms with Gasteiger partial charge in [0.15, 0.2) is 5.78 Å². The number of carbonyl (C=O) groups is 1. The number of benzene rings is 2. The van der Waals surface area contributed by atoms with Crippen LogP contribution in [0.15, 0.2) is 61.2 Å². The Balaban J connectivity index is 2.14. The fraction of sp³-hybridized carbons (Fsp3) is 0.118. The number of hydrogen-bond donors (Lipinski definition) is 1. The van der Waals surface area contributed by atoms with Crippen molar-refractivity contribution in [3.8, 4) is 11.5 Å². The zero-order valence-electron chi connectivity index (χ0n) is 11.2. The number of ketones is 1. The normalized spacial score (nSPS) is 10.1. The predicted octanol–water partition coefficient (Wildman–Crippen LogP) is 3.24. The molecule has 102 valence electrons. The molecule has 3 heteroatoms. The molecule has 3 nitrogen and oxygen atoms in total. The number of rotatable bonds is 6. The molecule has 0 aliphatic rings. The number of allylic oxidation sites excluding steroid dienone is 1. The smallest absolute Gasteiger partial charge is 0.159 e. The number of carbonyl (C=O) groups excluding carboxylic acids is 1. The summed E-state index contributed by atoms with van der Waals surface area (Å²) in [7, 11) is 0. The van der Waals surface area contributed by atoms with Crippen molar-refractivity contribution in [3.05, 3.63) is 72.3 Å². The van der Waals surface area contributed by atoms with Gasteiger partial charge < -0.3 is 10.5 Å². The van der Waals surface area contributed by atoms with Crippen LogP contribution in [-0.2, 0) is 17.8 Å². The molecule has 0 aliphatic heterocycles. The van der Waals surface area contributed by atoms with Gasteiger partial charge in [0.2, 0.25) is 0 Å². The average molecular weight is 267 g/mol. The topological polar surface area (TPSA) is 52.3 Å². The highest BCUT2D eigenvalue weighted by atomic mass is 16.5. The molecule has 2 aromatic carbocycles. The van der Waals surface area contributed by atoms with E-state index in [9.17, 15) is 4.79 Å². The summed E-state index contributed by atoms with van der Waals surface area (Å²) in [6.07, 6.45) is 1.67. The second-order valence-corrected chi connectivity index (χ2v) is 4.45. The monoisotopic (exact) mass is 267 g/mol. The minimum atomic E-state index is -0.00715. The lowest BCUT2D eigenvalue weighted by atomic mass is 10.1. The van der Waals surface area contributed by atoms with Crippen molar-refractivity contribution in [1.82, 2.24) is 0 Å². The zero-order valence-corrected chi connectivity index (χ0v) is 11.2. The van der Waals surface area contributed by atoms with Gasteiger partial charge in [-0.1, -0.05) is 30.8 Å². The molecule has 2 aromatic rings. The zero-order chi connectivity index (χ0) is 14.4. The van der Waals surface area contributed by atoms with Crippen LogP contribution in [0.2, 0.25) is 0 Å². The highest BCUT2D eigenvalue weighted by molar-refractivity contribution is 5.90. The van der Waals surface area contributed by atoms with E-state index in [-0.39, 0.29) is 5.78 Å². The van der Waals surface area contributed by atoms with E-state index in [4.69, 9.17) is 10.5 Å². The van der Waals surface area contributed by atoms with Gasteiger partial charge in [-0.25, -0.2) is 0 Å². The van der Waals surface area contributed by atoms with Crippen molar-refractivity contribution >= 4 is 5.78 Å². The summed E-state index contributed by atoms with van der Waals surface area (Å²) >= 11 is 0. The lowest BCUT2D eigenvalue weighted by Gasteiger charge is -2.08. The first kappa shape index (κ1) is 14.0. The summed E-state index contributed by atoms with van der Waals surface area (Å²) in [5, 5.41) is 0. The third-order valence-corrected chi connectivity index (χ3v) is 2.87. The van der Waals surface area contributed by atoms with Crippen LogP contribution in [0.1, 0.15) is 11.1 Å². The Hall–Kier alpha value is -2.39. The maximum Gasteiger partial charge on any atom is 0.159 e. The van der Waals surface area contributed by atoms with E-state index in [2.05, 4.69) is 6.58 Å². The van der Waals surface area contributed by atoms with Crippen LogP contribution in [0, 0.1) is 0 Å². The van der Waals surface area contributed by atoms with Gasteiger partial charge in [0.05, 0.1) is 0 Å².